The first-order chi connectivity index (χ1) is 6.27. The largest absolute Gasteiger partial charge is 0.303 e. The Hall–Kier alpha value is -1.11. The van der Waals surface area contributed by atoms with E-state index in [-0.39, 0.29) is 5.92 Å². The summed E-state index contributed by atoms with van der Waals surface area (Å²) in [6, 6.07) is 8.31. The van der Waals surface area contributed by atoms with Crippen LogP contribution in [0.5, 0.6) is 0 Å². The SMILES string of the molecule is CCCc1ccc(C(C)C=O)cc1. The first kappa shape index (κ1) is 9.97. The van der Waals surface area contributed by atoms with Crippen molar-refractivity contribution in [1.82, 2.24) is 0 Å². The first-order valence-electron chi connectivity index (χ1n) is 4.82. The highest BCUT2D eigenvalue weighted by atomic mass is 16.1. The molecule has 0 aliphatic rings. The summed E-state index contributed by atoms with van der Waals surface area (Å²) in [6.45, 7) is 4.09. The van der Waals surface area contributed by atoms with Crippen molar-refractivity contribution in [3.8, 4) is 0 Å². The van der Waals surface area contributed by atoms with Crippen molar-refractivity contribution in [2.45, 2.75) is 32.6 Å². The van der Waals surface area contributed by atoms with Crippen molar-refractivity contribution in [2.24, 2.45) is 0 Å². The molecular weight excluding hydrogens is 160 g/mol. The molecule has 0 amide bonds. The van der Waals surface area contributed by atoms with Crippen molar-refractivity contribution in [3.05, 3.63) is 35.4 Å². The van der Waals surface area contributed by atoms with Crippen LogP contribution >= 0.6 is 0 Å². The van der Waals surface area contributed by atoms with Gasteiger partial charge in [-0.25, -0.2) is 0 Å². The molecule has 1 atom stereocenters. The molecule has 0 radical (unpaired) electrons. The molecule has 0 N–H and O–H groups in total. The van der Waals surface area contributed by atoms with Gasteiger partial charge in [0, 0.05) is 5.92 Å². The monoisotopic (exact) mass is 176 g/mol. The molecule has 1 rings (SSSR count). The Morgan fingerprint density at radius 2 is 1.92 bits per heavy atom. The molecule has 0 aliphatic carbocycles. The summed E-state index contributed by atoms with van der Waals surface area (Å²) in [7, 11) is 0. The Bertz CT molecular complexity index is 261. The molecule has 1 unspecified atom stereocenters. The van der Waals surface area contributed by atoms with E-state index >= 15 is 0 Å². The van der Waals surface area contributed by atoms with E-state index in [1.807, 2.05) is 19.1 Å². The van der Waals surface area contributed by atoms with Gasteiger partial charge in [-0.1, -0.05) is 44.5 Å². The average Bonchev–Trinajstić information content (AvgIpc) is 2.18. The molecular formula is C12H16O. The molecule has 0 aromatic heterocycles. The van der Waals surface area contributed by atoms with Crippen molar-refractivity contribution in [3.63, 3.8) is 0 Å². The van der Waals surface area contributed by atoms with Crippen LogP contribution in [0.25, 0.3) is 0 Å². The fourth-order valence-electron chi connectivity index (χ4n) is 1.36. The molecule has 0 heterocycles. The van der Waals surface area contributed by atoms with Crippen LogP contribution in [0, 0.1) is 0 Å². The van der Waals surface area contributed by atoms with E-state index in [4.69, 9.17) is 0 Å². The summed E-state index contributed by atoms with van der Waals surface area (Å²) in [5.41, 5.74) is 2.46. The Morgan fingerprint density at radius 1 is 1.31 bits per heavy atom. The zero-order chi connectivity index (χ0) is 9.68. The maximum atomic E-state index is 10.5. The maximum absolute atomic E-state index is 10.5. The summed E-state index contributed by atoms with van der Waals surface area (Å²) in [4.78, 5) is 10.5. The zero-order valence-corrected chi connectivity index (χ0v) is 8.29. The Morgan fingerprint density at radius 3 is 2.38 bits per heavy atom. The quantitative estimate of drug-likeness (QED) is 0.645. The van der Waals surface area contributed by atoms with Crippen LogP contribution in [-0.4, -0.2) is 6.29 Å². The number of aldehydes is 1. The standard InChI is InChI=1S/C12H16O/c1-3-4-11-5-7-12(8-6-11)10(2)9-13/h5-10H,3-4H2,1-2H3. The molecule has 0 fully saturated rings. The van der Waals surface area contributed by atoms with Gasteiger partial charge in [-0.2, -0.15) is 0 Å². The molecule has 1 nitrogen and oxygen atoms in total. The third-order valence-electron chi connectivity index (χ3n) is 2.25. The van der Waals surface area contributed by atoms with Crippen LogP contribution in [0.3, 0.4) is 0 Å². The maximum Gasteiger partial charge on any atom is 0.127 e. The second-order valence-electron chi connectivity index (χ2n) is 3.42. The molecule has 0 saturated heterocycles. The predicted molar refractivity (Wildman–Crippen MR) is 54.9 cm³/mol. The molecule has 0 spiro atoms. The lowest BCUT2D eigenvalue weighted by Gasteiger charge is -2.04. The molecule has 1 aromatic carbocycles. The van der Waals surface area contributed by atoms with Crippen LogP contribution in [0.1, 0.15) is 37.3 Å². The molecule has 1 heteroatoms. The third-order valence-corrected chi connectivity index (χ3v) is 2.25. The van der Waals surface area contributed by atoms with Gasteiger partial charge in [0.25, 0.3) is 0 Å². The van der Waals surface area contributed by atoms with E-state index in [0.29, 0.717) is 0 Å². The van der Waals surface area contributed by atoms with E-state index < -0.39 is 0 Å². The minimum absolute atomic E-state index is 0.0238. The van der Waals surface area contributed by atoms with Crippen molar-refractivity contribution in [2.75, 3.05) is 0 Å². The Kier molecular flexibility index (Phi) is 3.69. The Labute approximate surface area is 79.8 Å². The van der Waals surface area contributed by atoms with Crippen molar-refractivity contribution >= 4 is 6.29 Å². The highest BCUT2D eigenvalue weighted by Gasteiger charge is 2.02. The van der Waals surface area contributed by atoms with E-state index in [1.165, 1.54) is 12.0 Å². The van der Waals surface area contributed by atoms with Crippen LogP contribution in [0.15, 0.2) is 24.3 Å². The lowest BCUT2D eigenvalue weighted by molar-refractivity contribution is -0.108. The van der Waals surface area contributed by atoms with Gasteiger partial charge in [0.2, 0.25) is 0 Å². The topological polar surface area (TPSA) is 17.1 Å². The van der Waals surface area contributed by atoms with E-state index in [1.54, 1.807) is 0 Å². The normalized spacial score (nSPS) is 12.5. The summed E-state index contributed by atoms with van der Waals surface area (Å²) in [5, 5.41) is 0. The van der Waals surface area contributed by atoms with Crippen molar-refractivity contribution < 1.29 is 4.79 Å². The highest BCUT2D eigenvalue weighted by molar-refractivity contribution is 5.61. The van der Waals surface area contributed by atoms with E-state index in [9.17, 15) is 4.79 Å². The molecule has 0 aliphatic heterocycles. The van der Waals surface area contributed by atoms with Gasteiger partial charge in [-0.05, 0) is 17.5 Å². The number of rotatable bonds is 4. The van der Waals surface area contributed by atoms with Crippen LogP contribution < -0.4 is 0 Å². The molecule has 13 heavy (non-hydrogen) atoms. The molecule has 0 bridgehead atoms. The highest BCUT2D eigenvalue weighted by Crippen LogP contribution is 2.14. The van der Waals surface area contributed by atoms with Gasteiger partial charge in [0.1, 0.15) is 6.29 Å². The third kappa shape index (κ3) is 2.69. The van der Waals surface area contributed by atoms with Crippen LogP contribution in [0.2, 0.25) is 0 Å². The van der Waals surface area contributed by atoms with Crippen LogP contribution in [0.4, 0.5) is 0 Å². The zero-order valence-electron chi connectivity index (χ0n) is 8.29. The summed E-state index contributed by atoms with van der Waals surface area (Å²) < 4.78 is 0. The average molecular weight is 176 g/mol. The predicted octanol–water partition coefficient (Wildman–Crippen LogP) is 2.94. The molecule has 0 saturated carbocycles. The number of hydrogen-bond acceptors (Lipinski definition) is 1. The number of carbonyl (C=O) groups is 1. The van der Waals surface area contributed by atoms with E-state index in [2.05, 4.69) is 19.1 Å². The van der Waals surface area contributed by atoms with Gasteiger partial charge in [0.05, 0.1) is 0 Å². The second kappa shape index (κ2) is 4.80. The summed E-state index contributed by atoms with van der Waals surface area (Å²) in [6.07, 6.45) is 3.27. The lowest BCUT2D eigenvalue weighted by atomic mass is 10.00. The molecule has 70 valence electrons. The first-order valence-corrected chi connectivity index (χ1v) is 4.82. The van der Waals surface area contributed by atoms with Gasteiger partial charge in [-0.15, -0.1) is 0 Å². The number of benzene rings is 1. The Balaban J connectivity index is 2.74. The second-order valence-corrected chi connectivity index (χ2v) is 3.42. The molecule has 1 aromatic rings. The minimum atomic E-state index is 0.0238. The van der Waals surface area contributed by atoms with Crippen molar-refractivity contribution in [1.29, 1.82) is 0 Å². The lowest BCUT2D eigenvalue weighted by Crippen LogP contribution is -1.94. The fourth-order valence-corrected chi connectivity index (χ4v) is 1.36. The van der Waals surface area contributed by atoms with Gasteiger partial charge in [0.15, 0.2) is 0 Å². The van der Waals surface area contributed by atoms with Gasteiger partial charge in [-0.3, -0.25) is 0 Å². The number of carbonyl (C=O) groups excluding carboxylic acids is 1. The van der Waals surface area contributed by atoms with Gasteiger partial charge < -0.3 is 4.79 Å². The van der Waals surface area contributed by atoms with Gasteiger partial charge >= 0.3 is 0 Å². The smallest absolute Gasteiger partial charge is 0.127 e. The number of hydrogen-bond donors (Lipinski definition) is 0. The minimum Gasteiger partial charge on any atom is -0.303 e. The number of aryl methyl sites for hydroxylation is 1. The van der Waals surface area contributed by atoms with Crippen LogP contribution in [-0.2, 0) is 11.2 Å². The van der Waals surface area contributed by atoms with E-state index in [0.717, 1.165) is 18.3 Å². The summed E-state index contributed by atoms with van der Waals surface area (Å²) in [5.74, 6) is 0.0238. The fraction of sp³-hybridized carbons (Fsp3) is 0.417. The summed E-state index contributed by atoms with van der Waals surface area (Å²) >= 11 is 0.